The molecule has 3 rings (SSSR count). The Bertz CT molecular complexity index is 875. The number of aryl methyl sites for hydroxylation is 2. The van der Waals surface area contributed by atoms with E-state index in [1.165, 1.54) is 0 Å². The maximum Gasteiger partial charge on any atom is 0.258 e. The highest BCUT2D eigenvalue weighted by atomic mass is 16.5. The van der Waals surface area contributed by atoms with Crippen molar-refractivity contribution in [2.45, 2.75) is 13.8 Å². The average Bonchev–Trinajstić information content (AvgIpc) is 3.10. The van der Waals surface area contributed by atoms with E-state index >= 15 is 0 Å². The number of rotatable bonds is 4. The molecule has 2 heterocycles. The Morgan fingerprint density at radius 2 is 1.88 bits per heavy atom. The van der Waals surface area contributed by atoms with Crippen molar-refractivity contribution in [1.82, 2.24) is 14.3 Å². The van der Waals surface area contributed by atoms with Crippen molar-refractivity contribution in [2.24, 2.45) is 7.05 Å². The van der Waals surface area contributed by atoms with E-state index in [1.54, 1.807) is 24.1 Å². The summed E-state index contributed by atoms with van der Waals surface area (Å²) in [7, 11) is 3.45. The number of nitrogens with zero attached hydrogens (tertiary/aromatic N) is 3. The van der Waals surface area contributed by atoms with Crippen LogP contribution in [0.1, 0.15) is 21.7 Å². The number of carbonyl (C=O) groups is 1. The van der Waals surface area contributed by atoms with Crippen LogP contribution in [0.2, 0.25) is 0 Å². The molecule has 24 heavy (non-hydrogen) atoms. The zero-order chi connectivity index (χ0) is 17.3. The van der Waals surface area contributed by atoms with Gasteiger partial charge in [-0.2, -0.15) is 5.10 Å². The fourth-order valence-electron chi connectivity index (χ4n) is 2.79. The highest BCUT2D eigenvalue weighted by Crippen LogP contribution is 2.23. The first-order chi connectivity index (χ1) is 11.5. The van der Waals surface area contributed by atoms with Gasteiger partial charge in [-0.05, 0) is 44.2 Å². The monoisotopic (exact) mass is 324 g/mol. The number of amides is 1. The number of methoxy groups -OCH3 is 1. The summed E-state index contributed by atoms with van der Waals surface area (Å²) in [5.74, 6) is 1.17. The van der Waals surface area contributed by atoms with Gasteiger partial charge in [0.25, 0.3) is 5.91 Å². The van der Waals surface area contributed by atoms with Crippen molar-refractivity contribution in [3.63, 3.8) is 0 Å². The van der Waals surface area contributed by atoms with E-state index < -0.39 is 0 Å². The molecule has 0 aliphatic rings. The Labute approximate surface area is 140 Å². The third-order valence-corrected chi connectivity index (χ3v) is 3.96. The maximum absolute atomic E-state index is 12.5. The lowest BCUT2D eigenvalue weighted by molar-refractivity contribution is 0.102. The molecule has 124 valence electrons. The molecule has 0 bridgehead atoms. The van der Waals surface area contributed by atoms with Crippen molar-refractivity contribution in [3.8, 4) is 11.4 Å². The van der Waals surface area contributed by atoms with Crippen LogP contribution >= 0.6 is 0 Å². The SMILES string of the molecule is COc1ccc(-n2c(C)cc(C(=O)Nc3ccn(C)n3)c2C)cc1. The van der Waals surface area contributed by atoms with E-state index in [-0.39, 0.29) is 5.91 Å². The molecule has 0 saturated heterocycles. The van der Waals surface area contributed by atoms with Gasteiger partial charge in [0, 0.05) is 36.4 Å². The molecule has 0 radical (unpaired) electrons. The zero-order valence-corrected chi connectivity index (χ0v) is 14.2. The van der Waals surface area contributed by atoms with Crippen molar-refractivity contribution in [1.29, 1.82) is 0 Å². The molecular weight excluding hydrogens is 304 g/mol. The molecular formula is C18H20N4O2. The van der Waals surface area contributed by atoms with E-state index in [1.807, 2.05) is 55.8 Å². The first kappa shape index (κ1) is 15.9. The standard InChI is InChI=1S/C18H20N4O2/c1-12-11-16(18(23)19-17-9-10-21(3)20-17)13(2)22(12)14-5-7-15(24-4)8-6-14/h5-11H,1-4H3,(H,19,20,23). The molecule has 0 aliphatic carbocycles. The molecule has 0 atom stereocenters. The van der Waals surface area contributed by atoms with Crippen LogP contribution in [-0.2, 0) is 7.05 Å². The Kier molecular flexibility index (Phi) is 4.12. The van der Waals surface area contributed by atoms with Crippen LogP contribution in [-0.4, -0.2) is 27.4 Å². The van der Waals surface area contributed by atoms with Gasteiger partial charge in [-0.15, -0.1) is 0 Å². The van der Waals surface area contributed by atoms with Gasteiger partial charge in [0.15, 0.2) is 5.82 Å². The van der Waals surface area contributed by atoms with Crippen LogP contribution in [0.25, 0.3) is 5.69 Å². The smallest absolute Gasteiger partial charge is 0.258 e. The van der Waals surface area contributed by atoms with E-state index in [9.17, 15) is 4.79 Å². The molecule has 2 aromatic heterocycles. The third kappa shape index (κ3) is 2.90. The van der Waals surface area contributed by atoms with E-state index in [4.69, 9.17) is 4.74 Å². The molecule has 1 N–H and O–H groups in total. The normalized spacial score (nSPS) is 10.7. The van der Waals surface area contributed by atoms with Crippen molar-refractivity contribution < 1.29 is 9.53 Å². The van der Waals surface area contributed by atoms with Crippen LogP contribution < -0.4 is 10.1 Å². The number of anilines is 1. The number of carbonyl (C=O) groups excluding carboxylic acids is 1. The van der Waals surface area contributed by atoms with E-state index in [0.29, 0.717) is 11.4 Å². The first-order valence-electron chi connectivity index (χ1n) is 7.64. The molecule has 0 saturated carbocycles. The Balaban J connectivity index is 1.91. The lowest BCUT2D eigenvalue weighted by Gasteiger charge is -2.10. The summed E-state index contributed by atoms with van der Waals surface area (Å²) in [6.45, 7) is 3.92. The van der Waals surface area contributed by atoms with Gasteiger partial charge in [0.2, 0.25) is 0 Å². The van der Waals surface area contributed by atoms with Crippen LogP contribution in [0.4, 0.5) is 5.82 Å². The molecule has 0 fully saturated rings. The Hall–Kier alpha value is -3.02. The summed E-state index contributed by atoms with van der Waals surface area (Å²) in [5.41, 5.74) is 3.49. The van der Waals surface area contributed by atoms with E-state index in [0.717, 1.165) is 22.8 Å². The molecule has 0 spiro atoms. The third-order valence-electron chi connectivity index (χ3n) is 3.96. The molecule has 6 heteroatoms. The number of nitrogens with one attached hydrogen (secondary N) is 1. The molecule has 1 amide bonds. The average molecular weight is 324 g/mol. The topological polar surface area (TPSA) is 61.1 Å². The maximum atomic E-state index is 12.5. The second-order valence-corrected chi connectivity index (χ2v) is 5.65. The van der Waals surface area contributed by atoms with Gasteiger partial charge in [-0.1, -0.05) is 0 Å². The summed E-state index contributed by atoms with van der Waals surface area (Å²) >= 11 is 0. The van der Waals surface area contributed by atoms with Crippen LogP contribution in [0.5, 0.6) is 5.75 Å². The summed E-state index contributed by atoms with van der Waals surface area (Å²) in [6, 6.07) is 11.4. The largest absolute Gasteiger partial charge is 0.497 e. The predicted octanol–water partition coefficient (Wildman–Crippen LogP) is 3.09. The van der Waals surface area contributed by atoms with Crippen molar-refractivity contribution in [3.05, 3.63) is 59.5 Å². The molecule has 0 unspecified atom stereocenters. The van der Waals surface area contributed by atoms with Gasteiger partial charge in [-0.3, -0.25) is 9.48 Å². The number of aromatic nitrogens is 3. The number of hydrogen-bond donors (Lipinski definition) is 1. The first-order valence-corrected chi connectivity index (χ1v) is 7.64. The van der Waals surface area contributed by atoms with Gasteiger partial charge < -0.3 is 14.6 Å². The van der Waals surface area contributed by atoms with Gasteiger partial charge in [0.05, 0.1) is 12.7 Å². The van der Waals surface area contributed by atoms with Crippen molar-refractivity contribution >= 4 is 11.7 Å². The highest BCUT2D eigenvalue weighted by Gasteiger charge is 2.17. The lowest BCUT2D eigenvalue weighted by Crippen LogP contribution is -2.13. The molecule has 3 aromatic rings. The summed E-state index contributed by atoms with van der Waals surface area (Å²) in [4.78, 5) is 12.5. The quantitative estimate of drug-likeness (QED) is 0.802. The number of hydrogen-bond acceptors (Lipinski definition) is 3. The predicted molar refractivity (Wildman–Crippen MR) is 93.0 cm³/mol. The summed E-state index contributed by atoms with van der Waals surface area (Å²) in [5, 5.41) is 7.00. The minimum atomic E-state index is -0.165. The Morgan fingerprint density at radius 3 is 2.46 bits per heavy atom. The van der Waals surface area contributed by atoms with Crippen LogP contribution in [0.3, 0.4) is 0 Å². The fourth-order valence-corrected chi connectivity index (χ4v) is 2.79. The summed E-state index contributed by atoms with van der Waals surface area (Å²) in [6.07, 6.45) is 1.79. The second-order valence-electron chi connectivity index (χ2n) is 5.65. The molecule has 1 aromatic carbocycles. The van der Waals surface area contributed by atoms with Crippen LogP contribution in [0, 0.1) is 13.8 Å². The van der Waals surface area contributed by atoms with Gasteiger partial charge in [0.1, 0.15) is 5.75 Å². The zero-order valence-electron chi connectivity index (χ0n) is 14.2. The number of ether oxygens (including phenoxy) is 1. The second kappa shape index (κ2) is 6.23. The Morgan fingerprint density at radius 1 is 1.17 bits per heavy atom. The molecule has 0 aliphatic heterocycles. The van der Waals surface area contributed by atoms with Crippen LogP contribution in [0.15, 0.2) is 42.6 Å². The molecule has 6 nitrogen and oxygen atoms in total. The fraction of sp³-hybridized carbons (Fsp3) is 0.222. The lowest BCUT2D eigenvalue weighted by atomic mass is 10.2. The summed E-state index contributed by atoms with van der Waals surface area (Å²) < 4.78 is 8.89. The van der Waals surface area contributed by atoms with E-state index in [2.05, 4.69) is 10.4 Å². The highest BCUT2D eigenvalue weighted by molar-refractivity contribution is 6.04. The van der Waals surface area contributed by atoms with Gasteiger partial charge in [-0.25, -0.2) is 0 Å². The minimum Gasteiger partial charge on any atom is -0.497 e. The minimum absolute atomic E-state index is 0.165. The number of benzene rings is 1. The van der Waals surface area contributed by atoms with Gasteiger partial charge >= 0.3 is 0 Å². The van der Waals surface area contributed by atoms with Crippen molar-refractivity contribution in [2.75, 3.05) is 12.4 Å².